The van der Waals surface area contributed by atoms with Crippen molar-refractivity contribution in [2.24, 2.45) is 5.92 Å². The molecule has 1 fully saturated rings. The quantitative estimate of drug-likeness (QED) is 0.922. The van der Waals surface area contributed by atoms with Gasteiger partial charge in [-0.2, -0.15) is 0 Å². The fourth-order valence-corrected chi connectivity index (χ4v) is 3.68. The molecule has 1 aromatic rings. The Labute approximate surface area is 127 Å². The van der Waals surface area contributed by atoms with Crippen molar-refractivity contribution in [3.63, 3.8) is 0 Å². The summed E-state index contributed by atoms with van der Waals surface area (Å²) in [5, 5.41) is 3.62. The lowest BCUT2D eigenvalue weighted by Crippen LogP contribution is -2.52. The highest BCUT2D eigenvalue weighted by Gasteiger charge is 2.37. The molecule has 1 heterocycles. The topological polar surface area (TPSA) is 32.3 Å². The highest BCUT2D eigenvalue weighted by atomic mass is 16.2. The van der Waals surface area contributed by atoms with Gasteiger partial charge < -0.3 is 10.2 Å². The zero-order valence-electron chi connectivity index (χ0n) is 13.1. The van der Waals surface area contributed by atoms with Crippen LogP contribution in [0.2, 0.25) is 0 Å². The van der Waals surface area contributed by atoms with Crippen molar-refractivity contribution in [3.8, 4) is 0 Å². The number of nitrogens with zero attached hydrogens (tertiary/aromatic N) is 1. The third-order valence-corrected chi connectivity index (χ3v) is 5.03. The van der Waals surface area contributed by atoms with Crippen molar-refractivity contribution in [1.29, 1.82) is 0 Å². The van der Waals surface area contributed by atoms with Crippen LogP contribution < -0.4 is 5.32 Å². The van der Waals surface area contributed by atoms with E-state index in [1.165, 1.54) is 17.5 Å². The molecule has 0 bridgehead atoms. The second kappa shape index (κ2) is 6.18. The number of benzene rings is 1. The van der Waals surface area contributed by atoms with Crippen molar-refractivity contribution < 1.29 is 4.79 Å². The molecule has 1 amide bonds. The number of hydrogen-bond donors (Lipinski definition) is 1. The van der Waals surface area contributed by atoms with Gasteiger partial charge in [0, 0.05) is 19.1 Å². The van der Waals surface area contributed by atoms with Crippen LogP contribution in [0.3, 0.4) is 0 Å². The fraction of sp³-hybridized carbons (Fsp3) is 0.611. The van der Waals surface area contributed by atoms with Crippen LogP contribution in [0.25, 0.3) is 0 Å². The maximum Gasteiger partial charge on any atom is 0.230 e. The van der Waals surface area contributed by atoms with E-state index in [2.05, 4.69) is 42.3 Å². The Morgan fingerprint density at radius 1 is 1.38 bits per heavy atom. The summed E-state index contributed by atoms with van der Waals surface area (Å²) in [6.07, 6.45) is 3.18. The van der Waals surface area contributed by atoms with Crippen LogP contribution in [0, 0.1) is 5.92 Å². The summed E-state index contributed by atoms with van der Waals surface area (Å²) in [5.41, 5.74) is 2.60. The largest absolute Gasteiger partial charge is 0.342 e. The average molecular weight is 286 g/mol. The molecule has 1 saturated heterocycles. The normalized spacial score (nSPS) is 27.9. The molecule has 21 heavy (non-hydrogen) atoms. The Balaban J connectivity index is 1.58. The van der Waals surface area contributed by atoms with Gasteiger partial charge in [0.25, 0.3) is 0 Å². The summed E-state index contributed by atoms with van der Waals surface area (Å²) in [5.74, 6) is 1.01. The molecule has 3 heteroatoms. The number of piperidine rings is 1. The molecule has 1 aromatic carbocycles. The van der Waals surface area contributed by atoms with Crippen LogP contribution in [0.15, 0.2) is 24.3 Å². The minimum Gasteiger partial charge on any atom is -0.342 e. The van der Waals surface area contributed by atoms with Crippen molar-refractivity contribution in [1.82, 2.24) is 10.2 Å². The molecule has 3 rings (SSSR count). The molecule has 1 aliphatic carbocycles. The highest BCUT2D eigenvalue weighted by Crippen LogP contribution is 2.36. The Hall–Kier alpha value is -1.35. The van der Waals surface area contributed by atoms with E-state index >= 15 is 0 Å². The maximum absolute atomic E-state index is 12.7. The predicted molar refractivity (Wildman–Crippen MR) is 85.3 cm³/mol. The molecule has 114 valence electrons. The monoisotopic (exact) mass is 286 g/mol. The number of hydrogen-bond acceptors (Lipinski definition) is 2. The summed E-state index contributed by atoms with van der Waals surface area (Å²) in [6.45, 7) is 7.35. The first-order valence-corrected chi connectivity index (χ1v) is 8.30. The molecule has 0 aromatic heterocycles. The van der Waals surface area contributed by atoms with E-state index in [1.807, 2.05) is 6.07 Å². The van der Waals surface area contributed by atoms with E-state index in [0.717, 1.165) is 32.5 Å². The van der Waals surface area contributed by atoms with Gasteiger partial charge in [-0.05, 0) is 42.9 Å². The number of amides is 1. The van der Waals surface area contributed by atoms with Crippen molar-refractivity contribution in [2.45, 2.75) is 45.1 Å². The van der Waals surface area contributed by atoms with E-state index in [-0.39, 0.29) is 5.92 Å². The molecule has 3 unspecified atom stereocenters. The van der Waals surface area contributed by atoms with E-state index in [9.17, 15) is 4.79 Å². The van der Waals surface area contributed by atoms with Crippen LogP contribution in [0.4, 0.5) is 0 Å². The Bertz CT molecular complexity index is 514. The average Bonchev–Trinajstić information content (AvgIpc) is 2.47. The molecule has 2 aliphatic rings. The van der Waals surface area contributed by atoms with Crippen LogP contribution in [0.1, 0.15) is 43.7 Å². The molecule has 0 spiro atoms. The summed E-state index contributed by atoms with van der Waals surface area (Å²) in [4.78, 5) is 14.8. The lowest BCUT2D eigenvalue weighted by Gasteiger charge is -2.41. The Morgan fingerprint density at radius 3 is 2.90 bits per heavy atom. The number of nitrogens with one attached hydrogen (secondary N) is 1. The highest BCUT2D eigenvalue weighted by molar-refractivity contribution is 5.87. The van der Waals surface area contributed by atoms with Crippen LogP contribution in [-0.4, -0.2) is 36.5 Å². The zero-order valence-corrected chi connectivity index (χ0v) is 13.1. The Kier molecular flexibility index (Phi) is 4.29. The number of fused-ring (bicyclic) bond motifs is 1. The van der Waals surface area contributed by atoms with E-state index < -0.39 is 0 Å². The van der Waals surface area contributed by atoms with Gasteiger partial charge in [0.15, 0.2) is 0 Å². The van der Waals surface area contributed by atoms with Gasteiger partial charge in [0.2, 0.25) is 5.91 Å². The maximum atomic E-state index is 12.7. The molecule has 0 radical (unpaired) electrons. The second-order valence-electron chi connectivity index (χ2n) is 6.57. The van der Waals surface area contributed by atoms with Crippen molar-refractivity contribution >= 4 is 5.91 Å². The van der Waals surface area contributed by atoms with Crippen LogP contribution in [0.5, 0.6) is 0 Å². The summed E-state index contributed by atoms with van der Waals surface area (Å²) < 4.78 is 0. The molecule has 3 atom stereocenters. The molecule has 0 saturated carbocycles. The zero-order chi connectivity index (χ0) is 14.8. The third-order valence-electron chi connectivity index (χ3n) is 5.03. The molecule has 1 aliphatic heterocycles. The molecular formula is C18H26N2O. The lowest BCUT2D eigenvalue weighted by molar-refractivity contribution is -0.135. The van der Waals surface area contributed by atoms with Gasteiger partial charge in [0.05, 0.1) is 5.92 Å². The van der Waals surface area contributed by atoms with Gasteiger partial charge in [-0.3, -0.25) is 4.79 Å². The van der Waals surface area contributed by atoms with Crippen LogP contribution >= 0.6 is 0 Å². The summed E-state index contributed by atoms with van der Waals surface area (Å²) in [7, 11) is 0. The molecular weight excluding hydrogens is 260 g/mol. The van der Waals surface area contributed by atoms with Crippen molar-refractivity contribution in [2.75, 3.05) is 19.6 Å². The van der Waals surface area contributed by atoms with Gasteiger partial charge in [-0.15, -0.1) is 0 Å². The lowest BCUT2D eigenvalue weighted by atomic mass is 9.76. The first-order chi connectivity index (χ1) is 10.2. The number of carbonyl (C=O) groups excluding carboxylic acids is 1. The third kappa shape index (κ3) is 2.84. The number of likely N-dealkylation sites (tertiary alicyclic amines) is 1. The van der Waals surface area contributed by atoms with Crippen molar-refractivity contribution in [3.05, 3.63) is 35.4 Å². The molecule has 1 N–H and O–H groups in total. The minimum atomic E-state index is 0.119. The van der Waals surface area contributed by atoms with E-state index in [1.54, 1.807) is 0 Å². The molecule has 3 nitrogen and oxygen atoms in total. The van der Waals surface area contributed by atoms with Crippen LogP contribution in [-0.2, 0) is 11.2 Å². The van der Waals surface area contributed by atoms with Gasteiger partial charge in [-0.25, -0.2) is 0 Å². The van der Waals surface area contributed by atoms with E-state index in [4.69, 9.17) is 0 Å². The first kappa shape index (κ1) is 14.6. The summed E-state index contributed by atoms with van der Waals surface area (Å²) in [6, 6.07) is 8.93. The minimum absolute atomic E-state index is 0.119. The standard InChI is InChI=1S/C18H26N2O/c1-3-9-19-17-8-10-20(12-13(17)2)18(21)16-11-14-6-4-5-7-15(14)16/h4-7,13,16-17,19H,3,8-12H2,1-2H3. The van der Waals surface area contributed by atoms with Gasteiger partial charge in [0.1, 0.15) is 0 Å². The van der Waals surface area contributed by atoms with Gasteiger partial charge >= 0.3 is 0 Å². The van der Waals surface area contributed by atoms with E-state index in [0.29, 0.717) is 17.9 Å². The van der Waals surface area contributed by atoms with Gasteiger partial charge in [-0.1, -0.05) is 38.1 Å². The fourth-order valence-electron chi connectivity index (χ4n) is 3.68. The second-order valence-corrected chi connectivity index (χ2v) is 6.57. The number of rotatable bonds is 4. The Morgan fingerprint density at radius 2 is 2.19 bits per heavy atom. The summed E-state index contributed by atoms with van der Waals surface area (Å²) >= 11 is 0. The smallest absolute Gasteiger partial charge is 0.230 e. The SMILES string of the molecule is CCCNC1CCN(C(=O)C2Cc3ccccc32)CC1C. The number of carbonyl (C=O) groups is 1. The first-order valence-electron chi connectivity index (χ1n) is 8.30. The predicted octanol–water partition coefficient (Wildman–Crippen LogP) is 2.56.